The normalized spacial score (nSPS) is 11.7. The maximum Gasteiger partial charge on any atom is 0.0361 e. The van der Waals surface area contributed by atoms with Gasteiger partial charge in [-0.25, -0.2) is 0 Å². The summed E-state index contributed by atoms with van der Waals surface area (Å²) in [6, 6.07) is 67.0. The fraction of sp³-hybridized carbons (Fsp3) is 0. The Hall–Kier alpha value is -6.02. The molecule has 228 valence electrons. The fourth-order valence-electron chi connectivity index (χ4n) is 7.73. The maximum atomic E-state index is 2.42. The van der Waals surface area contributed by atoms with Crippen LogP contribution in [0.4, 0.5) is 0 Å². The van der Waals surface area contributed by atoms with Gasteiger partial charge >= 0.3 is 0 Å². The molecule has 1 heteroatoms. The summed E-state index contributed by atoms with van der Waals surface area (Å²) in [6.45, 7) is 0. The van der Waals surface area contributed by atoms with Gasteiger partial charge in [-0.05, 0) is 113 Å². The van der Waals surface area contributed by atoms with Crippen molar-refractivity contribution in [1.29, 1.82) is 0 Å². The molecule has 0 unspecified atom stereocenters. The second-order valence-corrected chi connectivity index (χ2v) is 14.0. The van der Waals surface area contributed by atoms with E-state index in [0.29, 0.717) is 0 Å². The van der Waals surface area contributed by atoms with Crippen molar-refractivity contribution < 1.29 is 0 Å². The summed E-state index contributed by atoms with van der Waals surface area (Å²) in [5.74, 6) is 0. The van der Waals surface area contributed by atoms with Gasteiger partial charge in [-0.15, -0.1) is 11.3 Å². The molecular weight excluding hydrogens is 609 g/mol. The molecule has 0 saturated heterocycles. The van der Waals surface area contributed by atoms with E-state index in [9.17, 15) is 0 Å². The highest BCUT2D eigenvalue weighted by Crippen LogP contribution is 2.46. The molecule has 0 spiro atoms. The molecule has 0 amide bonds. The standard InChI is InChI=1S/C48H30S/c1-3-13-31(14-4-1)36-25-37(32-15-5-2-6-16-32)27-38(26-36)48-42-21-11-9-19-40(42)47(41-20-10-12-22-43(41)48)35-23-24-39-44-28-33-17-7-8-18-34(33)29-46(44)49-45(39)30-35/h1-30H. The first-order valence-corrected chi connectivity index (χ1v) is 17.7. The second kappa shape index (κ2) is 11.3. The number of hydrogen-bond donors (Lipinski definition) is 0. The monoisotopic (exact) mass is 638 g/mol. The second-order valence-electron chi connectivity index (χ2n) is 12.9. The number of benzene rings is 9. The summed E-state index contributed by atoms with van der Waals surface area (Å²) >= 11 is 1.90. The van der Waals surface area contributed by atoms with Gasteiger partial charge in [-0.3, -0.25) is 0 Å². The number of fused-ring (bicyclic) bond motifs is 6. The molecule has 0 aliphatic rings. The summed E-state index contributed by atoms with van der Waals surface area (Å²) < 4.78 is 2.66. The average molecular weight is 639 g/mol. The molecule has 10 rings (SSSR count). The highest BCUT2D eigenvalue weighted by molar-refractivity contribution is 7.25. The lowest BCUT2D eigenvalue weighted by Gasteiger charge is -2.19. The maximum absolute atomic E-state index is 2.42. The van der Waals surface area contributed by atoms with Gasteiger partial charge in [0.05, 0.1) is 0 Å². The lowest BCUT2D eigenvalue weighted by molar-refractivity contribution is 1.58. The number of thiophene rings is 1. The summed E-state index contributed by atoms with van der Waals surface area (Å²) in [6.07, 6.45) is 0. The first-order valence-electron chi connectivity index (χ1n) is 16.8. The van der Waals surface area contributed by atoms with Crippen LogP contribution in [0.25, 0.3) is 97.0 Å². The van der Waals surface area contributed by atoms with E-state index in [1.165, 1.54) is 97.0 Å². The number of rotatable bonds is 4. The molecule has 9 aromatic carbocycles. The van der Waals surface area contributed by atoms with Crippen molar-refractivity contribution in [2.24, 2.45) is 0 Å². The third-order valence-electron chi connectivity index (χ3n) is 10.00. The molecule has 0 aliphatic heterocycles. The highest BCUT2D eigenvalue weighted by atomic mass is 32.1. The molecule has 0 saturated carbocycles. The molecule has 0 radical (unpaired) electrons. The lowest BCUT2D eigenvalue weighted by atomic mass is 9.84. The molecule has 49 heavy (non-hydrogen) atoms. The van der Waals surface area contributed by atoms with Gasteiger partial charge in [0.2, 0.25) is 0 Å². The Morgan fingerprint density at radius 3 is 1.27 bits per heavy atom. The van der Waals surface area contributed by atoms with Crippen LogP contribution in [0.2, 0.25) is 0 Å². The van der Waals surface area contributed by atoms with Gasteiger partial charge in [0.25, 0.3) is 0 Å². The van der Waals surface area contributed by atoms with Crippen molar-refractivity contribution in [2.45, 2.75) is 0 Å². The van der Waals surface area contributed by atoms with Crippen molar-refractivity contribution in [1.82, 2.24) is 0 Å². The Morgan fingerprint density at radius 1 is 0.245 bits per heavy atom. The minimum atomic E-state index is 1.22. The van der Waals surface area contributed by atoms with Crippen LogP contribution in [0.5, 0.6) is 0 Å². The van der Waals surface area contributed by atoms with Crippen molar-refractivity contribution >= 4 is 63.8 Å². The first-order chi connectivity index (χ1) is 24.3. The minimum absolute atomic E-state index is 1.22. The molecule has 0 atom stereocenters. The van der Waals surface area contributed by atoms with E-state index in [4.69, 9.17) is 0 Å². The summed E-state index contributed by atoms with van der Waals surface area (Å²) in [4.78, 5) is 0. The van der Waals surface area contributed by atoms with E-state index in [1.807, 2.05) is 11.3 Å². The quantitative estimate of drug-likeness (QED) is 0.168. The van der Waals surface area contributed by atoms with Crippen LogP contribution in [0.3, 0.4) is 0 Å². The van der Waals surface area contributed by atoms with E-state index >= 15 is 0 Å². The largest absolute Gasteiger partial charge is 0.135 e. The van der Waals surface area contributed by atoms with E-state index < -0.39 is 0 Å². The summed E-state index contributed by atoms with van der Waals surface area (Å²) in [5.41, 5.74) is 9.93. The Morgan fingerprint density at radius 2 is 0.694 bits per heavy atom. The molecule has 1 heterocycles. The first kappa shape index (κ1) is 28.0. The van der Waals surface area contributed by atoms with Gasteiger partial charge in [-0.2, -0.15) is 0 Å². The number of hydrogen-bond acceptors (Lipinski definition) is 1. The van der Waals surface area contributed by atoms with Crippen LogP contribution in [-0.2, 0) is 0 Å². The Labute approximate surface area is 289 Å². The summed E-state index contributed by atoms with van der Waals surface area (Å²) in [7, 11) is 0. The fourth-order valence-corrected chi connectivity index (χ4v) is 8.91. The van der Waals surface area contributed by atoms with E-state index in [-0.39, 0.29) is 0 Å². The van der Waals surface area contributed by atoms with Crippen LogP contribution >= 0.6 is 11.3 Å². The third kappa shape index (κ3) is 4.66. The van der Waals surface area contributed by atoms with Crippen molar-refractivity contribution in [3.8, 4) is 44.5 Å². The van der Waals surface area contributed by atoms with Crippen LogP contribution in [0, 0.1) is 0 Å². The third-order valence-corrected chi connectivity index (χ3v) is 11.1. The lowest BCUT2D eigenvalue weighted by Crippen LogP contribution is -1.92. The van der Waals surface area contributed by atoms with Gasteiger partial charge in [0.1, 0.15) is 0 Å². The topological polar surface area (TPSA) is 0 Å². The molecular formula is C48H30S. The Bertz CT molecular complexity index is 2750. The molecule has 0 N–H and O–H groups in total. The van der Waals surface area contributed by atoms with E-state index in [1.54, 1.807) is 0 Å². The molecule has 0 bridgehead atoms. The van der Waals surface area contributed by atoms with E-state index in [0.717, 1.165) is 0 Å². The molecule has 0 nitrogen and oxygen atoms in total. The van der Waals surface area contributed by atoms with Crippen molar-refractivity contribution in [3.63, 3.8) is 0 Å². The zero-order valence-electron chi connectivity index (χ0n) is 26.7. The smallest absolute Gasteiger partial charge is 0.0361 e. The predicted octanol–water partition coefficient (Wildman–Crippen LogP) is 14.2. The zero-order chi connectivity index (χ0) is 32.3. The summed E-state index contributed by atoms with van der Waals surface area (Å²) in [5, 5.41) is 10.3. The highest BCUT2D eigenvalue weighted by Gasteiger charge is 2.19. The Balaban J connectivity index is 1.24. The SMILES string of the molecule is c1ccc(-c2cc(-c3ccccc3)cc(-c3c4ccccc4c(-c4ccc5c(c4)sc4cc6ccccc6cc45)c4ccccc34)c2)cc1. The van der Waals surface area contributed by atoms with Gasteiger partial charge < -0.3 is 0 Å². The predicted molar refractivity (Wildman–Crippen MR) is 214 cm³/mol. The van der Waals surface area contributed by atoms with E-state index in [2.05, 4.69) is 182 Å². The average Bonchev–Trinajstić information content (AvgIpc) is 3.52. The van der Waals surface area contributed by atoms with Crippen molar-refractivity contribution in [3.05, 3.63) is 182 Å². The minimum Gasteiger partial charge on any atom is -0.135 e. The van der Waals surface area contributed by atoms with Gasteiger partial charge in [0, 0.05) is 20.2 Å². The molecule has 1 aromatic heterocycles. The molecule has 0 fully saturated rings. The molecule has 0 aliphatic carbocycles. The zero-order valence-corrected chi connectivity index (χ0v) is 27.5. The van der Waals surface area contributed by atoms with Crippen LogP contribution in [0.1, 0.15) is 0 Å². The van der Waals surface area contributed by atoms with Gasteiger partial charge in [0.15, 0.2) is 0 Å². The van der Waals surface area contributed by atoms with Gasteiger partial charge in [-0.1, -0.05) is 146 Å². The van der Waals surface area contributed by atoms with Crippen LogP contribution < -0.4 is 0 Å². The van der Waals surface area contributed by atoms with Crippen LogP contribution in [0.15, 0.2) is 182 Å². The molecule has 10 aromatic rings. The van der Waals surface area contributed by atoms with Crippen LogP contribution in [-0.4, -0.2) is 0 Å². The van der Waals surface area contributed by atoms with Crippen molar-refractivity contribution in [2.75, 3.05) is 0 Å². The Kier molecular flexibility index (Phi) is 6.47.